The molecule has 2 N–H and O–H groups in total. The molecule has 0 bridgehead atoms. The molecule has 2 atom stereocenters. The van der Waals surface area contributed by atoms with Crippen molar-refractivity contribution in [1.82, 2.24) is 20.6 Å². The standard InChI is InChI=1S/C12H18N4O.2ClH/c1-8-3-4-13-6-10(8)16-12(17)11-7-14-9(2)5-15-11;;/h5,7-8,10,13H,3-4,6H2,1-2H3,(H,16,17);2*1H. The summed E-state index contributed by atoms with van der Waals surface area (Å²) in [6.07, 6.45) is 4.22. The second kappa shape index (κ2) is 8.30. The highest BCUT2D eigenvalue weighted by Gasteiger charge is 2.23. The summed E-state index contributed by atoms with van der Waals surface area (Å²) in [5.74, 6) is 0.358. The van der Waals surface area contributed by atoms with Crippen LogP contribution in [0.3, 0.4) is 0 Å². The maximum atomic E-state index is 11.9. The SMILES string of the molecule is Cc1cnc(C(=O)NC2CNCCC2C)cn1.Cl.Cl. The quantitative estimate of drug-likeness (QED) is 0.866. The van der Waals surface area contributed by atoms with Gasteiger partial charge in [0.05, 0.1) is 11.9 Å². The van der Waals surface area contributed by atoms with E-state index in [1.807, 2.05) is 6.92 Å². The van der Waals surface area contributed by atoms with Crippen molar-refractivity contribution < 1.29 is 4.79 Å². The molecular formula is C12H20Cl2N4O. The minimum absolute atomic E-state index is 0. The molecule has 1 fully saturated rings. The highest BCUT2D eigenvalue weighted by Crippen LogP contribution is 2.11. The maximum absolute atomic E-state index is 11.9. The number of rotatable bonds is 2. The van der Waals surface area contributed by atoms with Crippen LogP contribution < -0.4 is 10.6 Å². The van der Waals surface area contributed by atoms with E-state index >= 15 is 0 Å². The lowest BCUT2D eigenvalue weighted by molar-refractivity contribution is 0.0909. The number of carbonyl (C=O) groups excluding carboxylic acids is 1. The Morgan fingerprint density at radius 3 is 2.68 bits per heavy atom. The van der Waals surface area contributed by atoms with Gasteiger partial charge in [-0.25, -0.2) is 4.98 Å². The summed E-state index contributed by atoms with van der Waals surface area (Å²) in [6.45, 7) is 5.86. The molecule has 19 heavy (non-hydrogen) atoms. The van der Waals surface area contributed by atoms with E-state index in [2.05, 4.69) is 27.5 Å². The Morgan fingerprint density at radius 2 is 2.11 bits per heavy atom. The van der Waals surface area contributed by atoms with E-state index in [1.165, 1.54) is 6.20 Å². The van der Waals surface area contributed by atoms with E-state index in [9.17, 15) is 4.79 Å². The van der Waals surface area contributed by atoms with Crippen LogP contribution in [0.15, 0.2) is 12.4 Å². The zero-order chi connectivity index (χ0) is 12.3. The third kappa shape index (κ3) is 4.93. The molecule has 108 valence electrons. The van der Waals surface area contributed by atoms with Crippen LogP contribution in [0.2, 0.25) is 0 Å². The van der Waals surface area contributed by atoms with Gasteiger partial charge in [-0.3, -0.25) is 9.78 Å². The average Bonchev–Trinajstić information content (AvgIpc) is 2.33. The second-order valence-electron chi connectivity index (χ2n) is 4.59. The number of nitrogens with one attached hydrogen (secondary N) is 2. The summed E-state index contributed by atoms with van der Waals surface area (Å²) in [5, 5.41) is 6.28. The Balaban J connectivity index is 0.00000162. The molecule has 1 aliphatic rings. The second-order valence-corrected chi connectivity index (χ2v) is 4.59. The Kier molecular flexibility index (Phi) is 7.90. The van der Waals surface area contributed by atoms with E-state index in [-0.39, 0.29) is 36.8 Å². The Bertz CT molecular complexity index is 399. The monoisotopic (exact) mass is 306 g/mol. The van der Waals surface area contributed by atoms with Gasteiger partial charge in [0.2, 0.25) is 0 Å². The number of hydrogen-bond acceptors (Lipinski definition) is 4. The summed E-state index contributed by atoms with van der Waals surface area (Å²) in [5.41, 5.74) is 1.20. The fourth-order valence-electron chi connectivity index (χ4n) is 1.94. The molecule has 7 heteroatoms. The number of piperidine rings is 1. The fraction of sp³-hybridized carbons (Fsp3) is 0.583. The van der Waals surface area contributed by atoms with Crippen LogP contribution in [-0.4, -0.2) is 35.0 Å². The van der Waals surface area contributed by atoms with Gasteiger partial charge in [0.25, 0.3) is 5.91 Å². The molecule has 2 rings (SSSR count). The Labute approximate surface area is 125 Å². The van der Waals surface area contributed by atoms with Gasteiger partial charge in [0.15, 0.2) is 0 Å². The van der Waals surface area contributed by atoms with Crippen molar-refractivity contribution in [3.8, 4) is 0 Å². The van der Waals surface area contributed by atoms with Crippen molar-refractivity contribution >= 4 is 30.7 Å². The molecule has 0 radical (unpaired) electrons. The van der Waals surface area contributed by atoms with Crippen molar-refractivity contribution in [2.24, 2.45) is 5.92 Å². The first-order valence-electron chi connectivity index (χ1n) is 5.97. The predicted molar refractivity (Wildman–Crippen MR) is 79.2 cm³/mol. The van der Waals surface area contributed by atoms with Crippen LogP contribution in [0.1, 0.15) is 29.5 Å². The number of halogens is 2. The maximum Gasteiger partial charge on any atom is 0.271 e. The third-order valence-electron chi connectivity index (χ3n) is 3.16. The predicted octanol–water partition coefficient (Wildman–Crippen LogP) is 1.36. The molecule has 1 saturated heterocycles. The molecule has 5 nitrogen and oxygen atoms in total. The molecule has 1 amide bonds. The molecule has 2 unspecified atom stereocenters. The van der Waals surface area contributed by atoms with E-state index in [4.69, 9.17) is 0 Å². The van der Waals surface area contributed by atoms with Gasteiger partial charge in [0, 0.05) is 18.8 Å². The lowest BCUT2D eigenvalue weighted by Gasteiger charge is -2.30. The van der Waals surface area contributed by atoms with Crippen LogP contribution in [0.25, 0.3) is 0 Å². The lowest BCUT2D eigenvalue weighted by Crippen LogP contribution is -2.50. The summed E-state index contributed by atoms with van der Waals surface area (Å²) in [7, 11) is 0. The van der Waals surface area contributed by atoms with Crippen LogP contribution in [-0.2, 0) is 0 Å². The highest BCUT2D eigenvalue weighted by atomic mass is 35.5. The molecular weight excluding hydrogens is 287 g/mol. The molecule has 0 spiro atoms. The number of nitrogens with zero attached hydrogens (tertiary/aromatic N) is 2. The van der Waals surface area contributed by atoms with E-state index in [0.717, 1.165) is 25.2 Å². The zero-order valence-electron chi connectivity index (χ0n) is 11.0. The van der Waals surface area contributed by atoms with Crippen molar-refractivity contribution in [2.45, 2.75) is 26.3 Å². The number of hydrogen-bond donors (Lipinski definition) is 2. The largest absolute Gasteiger partial charge is 0.346 e. The van der Waals surface area contributed by atoms with Crippen LogP contribution >= 0.6 is 24.8 Å². The number of amides is 1. The van der Waals surface area contributed by atoms with Gasteiger partial charge >= 0.3 is 0 Å². The molecule has 0 saturated carbocycles. The summed E-state index contributed by atoms with van der Waals surface area (Å²) in [4.78, 5) is 20.1. The normalized spacial score (nSPS) is 21.8. The molecule has 1 aliphatic heterocycles. The Hall–Kier alpha value is -0.910. The molecule has 0 aromatic carbocycles. The van der Waals surface area contributed by atoms with Gasteiger partial charge in [-0.2, -0.15) is 0 Å². The minimum Gasteiger partial charge on any atom is -0.346 e. The summed E-state index contributed by atoms with van der Waals surface area (Å²) >= 11 is 0. The summed E-state index contributed by atoms with van der Waals surface area (Å²) < 4.78 is 0. The molecule has 2 heterocycles. The number of carbonyl (C=O) groups is 1. The lowest BCUT2D eigenvalue weighted by atomic mass is 9.95. The van der Waals surface area contributed by atoms with Gasteiger partial charge in [-0.05, 0) is 25.8 Å². The van der Waals surface area contributed by atoms with E-state index < -0.39 is 0 Å². The number of aryl methyl sites for hydroxylation is 1. The topological polar surface area (TPSA) is 66.9 Å². The molecule has 0 aliphatic carbocycles. The van der Waals surface area contributed by atoms with Crippen molar-refractivity contribution in [3.63, 3.8) is 0 Å². The smallest absolute Gasteiger partial charge is 0.271 e. The van der Waals surface area contributed by atoms with E-state index in [0.29, 0.717) is 11.6 Å². The van der Waals surface area contributed by atoms with Crippen molar-refractivity contribution in [1.29, 1.82) is 0 Å². The fourth-order valence-corrected chi connectivity index (χ4v) is 1.94. The number of aromatic nitrogens is 2. The minimum atomic E-state index is -0.141. The average molecular weight is 307 g/mol. The first kappa shape index (κ1) is 18.1. The third-order valence-corrected chi connectivity index (χ3v) is 3.16. The van der Waals surface area contributed by atoms with Gasteiger partial charge in [0.1, 0.15) is 5.69 Å². The van der Waals surface area contributed by atoms with Crippen LogP contribution in [0.4, 0.5) is 0 Å². The first-order chi connectivity index (χ1) is 8.16. The zero-order valence-corrected chi connectivity index (χ0v) is 12.7. The molecule has 1 aromatic rings. The Morgan fingerprint density at radius 1 is 1.37 bits per heavy atom. The van der Waals surface area contributed by atoms with Gasteiger partial charge in [-0.1, -0.05) is 6.92 Å². The van der Waals surface area contributed by atoms with Crippen LogP contribution in [0.5, 0.6) is 0 Å². The van der Waals surface area contributed by atoms with Gasteiger partial charge in [-0.15, -0.1) is 24.8 Å². The highest BCUT2D eigenvalue weighted by molar-refractivity contribution is 5.92. The van der Waals surface area contributed by atoms with Crippen LogP contribution in [0, 0.1) is 12.8 Å². The van der Waals surface area contributed by atoms with Crippen molar-refractivity contribution in [2.75, 3.05) is 13.1 Å². The first-order valence-corrected chi connectivity index (χ1v) is 5.97. The van der Waals surface area contributed by atoms with Crippen molar-refractivity contribution in [3.05, 3.63) is 23.8 Å². The summed E-state index contributed by atoms with van der Waals surface area (Å²) in [6, 6.07) is 0.180. The van der Waals surface area contributed by atoms with Gasteiger partial charge < -0.3 is 10.6 Å². The van der Waals surface area contributed by atoms with E-state index in [1.54, 1.807) is 6.20 Å². The molecule has 1 aromatic heterocycles.